The van der Waals surface area contributed by atoms with Gasteiger partial charge in [-0.3, -0.25) is 4.79 Å². The Bertz CT molecular complexity index is 526. The molecule has 5 heteroatoms. The van der Waals surface area contributed by atoms with E-state index in [1.165, 1.54) is 0 Å². The van der Waals surface area contributed by atoms with E-state index in [9.17, 15) is 15.0 Å². The molecule has 3 N–H and O–H groups in total. The van der Waals surface area contributed by atoms with Crippen LogP contribution < -0.4 is 0 Å². The number of hydrogen-bond acceptors (Lipinski definition) is 3. The lowest BCUT2D eigenvalue weighted by Gasteiger charge is -2.17. The number of rotatable bonds is 6. The maximum Gasteiger partial charge on any atom is 0.303 e. The Morgan fingerprint density at radius 2 is 2.00 bits per heavy atom. The zero-order chi connectivity index (χ0) is 16.1. The van der Waals surface area contributed by atoms with Crippen LogP contribution in [-0.4, -0.2) is 33.5 Å². The Morgan fingerprint density at radius 1 is 1.32 bits per heavy atom. The number of halogens is 1. The van der Waals surface area contributed by atoms with E-state index in [2.05, 4.69) is 0 Å². The first-order valence-electron chi connectivity index (χ1n) is 7.46. The van der Waals surface area contributed by atoms with E-state index in [0.717, 1.165) is 12.0 Å². The minimum absolute atomic E-state index is 0.00553. The summed E-state index contributed by atoms with van der Waals surface area (Å²) in [7, 11) is 0. The van der Waals surface area contributed by atoms with Gasteiger partial charge in [-0.1, -0.05) is 35.9 Å². The van der Waals surface area contributed by atoms with Crippen molar-refractivity contribution in [2.24, 2.45) is 11.8 Å². The third-order valence-electron chi connectivity index (χ3n) is 4.19. The molecule has 0 saturated heterocycles. The van der Waals surface area contributed by atoms with Crippen LogP contribution in [0.2, 0.25) is 5.02 Å². The Labute approximate surface area is 135 Å². The van der Waals surface area contributed by atoms with Crippen molar-refractivity contribution in [2.45, 2.75) is 37.9 Å². The average Bonchev–Trinajstić information content (AvgIpc) is 2.80. The van der Waals surface area contributed by atoms with Gasteiger partial charge in [-0.15, -0.1) is 0 Å². The van der Waals surface area contributed by atoms with E-state index in [4.69, 9.17) is 16.7 Å². The van der Waals surface area contributed by atoms with Crippen molar-refractivity contribution in [3.8, 4) is 0 Å². The molecule has 1 aliphatic rings. The minimum atomic E-state index is -0.897. The van der Waals surface area contributed by atoms with Gasteiger partial charge >= 0.3 is 5.97 Å². The van der Waals surface area contributed by atoms with Gasteiger partial charge in [0.25, 0.3) is 0 Å². The number of allylic oxidation sites excluding steroid dienone is 1. The van der Waals surface area contributed by atoms with Crippen LogP contribution in [-0.2, 0) is 11.2 Å². The molecule has 0 radical (unpaired) electrons. The molecule has 4 nitrogen and oxygen atoms in total. The molecule has 22 heavy (non-hydrogen) atoms. The fraction of sp³-hybridized carbons (Fsp3) is 0.471. The number of carboxylic acid groups (broad SMARTS) is 1. The summed E-state index contributed by atoms with van der Waals surface area (Å²) in [6.45, 7) is 0. The molecule has 120 valence electrons. The van der Waals surface area contributed by atoms with Gasteiger partial charge in [-0.2, -0.15) is 0 Å². The monoisotopic (exact) mass is 324 g/mol. The summed E-state index contributed by atoms with van der Waals surface area (Å²) in [5.74, 6) is -1.16. The second-order valence-electron chi connectivity index (χ2n) is 5.85. The Kier molecular flexibility index (Phi) is 6.00. The molecule has 4 atom stereocenters. The van der Waals surface area contributed by atoms with Crippen LogP contribution in [0.4, 0.5) is 0 Å². The zero-order valence-corrected chi connectivity index (χ0v) is 13.0. The smallest absolute Gasteiger partial charge is 0.303 e. The van der Waals surface area contributed by atoms with Crippen molar-refractivity contribution in [1.82, 2.24) is 0 Å². The standard InChI is InChI=1S/C17H21ClO4/c18-13-5-1-11(2-6-13)9-14(19)7-3-12-4-8-16(20)15(12)10-17(21)22/h1-3,5-7,12,14-16,19-20H,4,8-10H2,(H,21,22)/b7-3+/t12-,14+,15+,16-/m0/s1. The van der Waals surface area contributed by atoms with Gasteiger partial charge in [0.05, 0.1) is 18.6 Å². The van der Waals surface area contributed by atoms with Crippen molar-refractivity contribution in [2.75, 3.05) is 0 Å². The van der Waals surface area contributed by atoms with Crippen LogP contribution in [0, 0.1) is 11.8 Å². The van der Waals surface area contributed by atoms with Gasteiger partial charge in [0.1, 0.15) is 0 Å². The molecule has 0 bridgehead atoms. The number of aliphatic hydroxyl groups excluding tert-OH is 2. The first-order chi connectivity index (χ1) is 10.5. The van der Waals surface area contributed by atoms with E-state index in [1.54, 1.807) is 18.2 Å². The van der Waals surface area contributed by atoms with E-state index in [1.807, 2.05) is 18.2 Å². The summed E-state index contributed by atoms with van der Waals surface area (Å²) in [6.07, 6.45) is 4.15. The normalized spacial score (nSPS) is 26.4. The number of hydrogen-bond donors (Lipinski definition) is 3. The molecular weight excluding hydrogens is 304 g/mol. The summed E-state index contributed by atoms with van der Waals surface area (Å²) in [5, 5.41) is 29.5. The highest BCUT2D eigenvalue weighted by molar-refractivity contribution is 6.30. The molecule has 1 saturated carbocycles. The summed E-state index contributed by atoms with van der Waals surface area (Å²) in [5.41, 5.74) is 0.982. The molecule has 0 unspecified atom stereocenters. The highest BCUT2D eigenvalue weighted by Crippen LogP contribution is 2.35. The van der Waals surface area contributed by atoms with Gasteiger partial charge in [-0.25, -0.2) is 0 Å². The molecule has 1 fully saturated rings. The fourth-order valence-corrected chi connectivity index (χ4v) is 3.13. The quantitative estimate of drug-likeness (QED) is 0.703. The van der Waals surface area contributed by atoms with Crippen LogP contribution in [0.5, 0.6) is 0 Å². The molecule has 0 aromatic heterocycles. The largest absolute Gasteiger partial charge is 0.481 e. The van der Waals surface area contributed by atoms with Gasteiger partial charge < -0.3 is 15.3 Å². The number of benzene rings is 1. The van der Waals surface area contributed by atoms with Gasteiger partial charge in [0.15, 0.2) is 0 Å². The number of aliphatic carboxylic acids is 1. The van der Waals surface area contributed by atoms with Gasteiger partial charge in [0, 0.05) is 17.4 Å². The molecule has 0 amide bonds. The summed E-state index contributed by atoms with van der Waals surface area (Å²) >= 11 is 5.82. The van der Waals surface area contributed by atoms with Crippen molar-refractivity contribution >= 4 is 17.6 Å². The second-order valence-corrected chi connectivity index (χ2v) is 6.29. The van der Waals surface area contributed by atoms with Crippen LogP contribution >= 0.6 is 11.6 Å². The van der Waals surface area contributed by atoms with Crippen molar-refractivity contribution in [3.63, 3.8) is 0 Å². The van der Waals surface area contributed by atoms with E-state index < -0.39 is 18.2 Å². The van der Waals surface area contributed by atoms with E-state index >= 15 is 0 Å². The topological polar surface area (TPSA) is 77.8 Å². The summed E-state index contributed by atoms with van der Waals surface area (Å²) in [6, 6.07) is 7.30. The Hall–Kier alpha value is -1.36. The summed E-state index contributed by atoms with van der Waals surface area (Å²) < 4.78 is 0. The Balaban J connectivity index is 1.92. The predicted molar refractivity (Wildman–Crippen MR) is 84.8 cm³/mol. The van der Waals surface area contributed by atoms with Crippen molar-refractivity contribution in [3.05, 3.63) is 47.0 Å². The lowest BCUT2D eigenvalue weighted by atomic mass is 9.90. The number of carbonyl (C=O) groups is 1. The fourth-order valence-electron chi connectivity index (χ4n) is 3.01. The zero-order valence-electron chi connectivity index (χ0n) is 12.2. The van der Waals surface area contributed by atoms with Crippen LogP contribution in [0.3, 0.4) is 0 Å². The lowest BCUT2D eigenvalue weighted by molar-refractivity contribution is -0.139. The van der Waals surface area contributed by atoms with Gasteiger partial charge in [0.2, 0.25) is 0 Å². The molecule has 1 aliphatic carbocycles. The number of carboxylic acids is 1. The van der Waals surface area contributed by atoms with Crippen LogP contribution in [0.25, 0.3) is 0 Å². The van der Waals surface area contributed by atoms with E-state index in [-0.39, 0.29) is 18.3 Å². The maximum absolute atomic E-state index is 10.9. The first-order valence-corrected chi connectivity index (χ1v) is 7.84. The Morgan fingerprint density at radius 3 is 2.64 bits per heavy atom. The molecule has 1 aromatic rings. The third kappa shape index (κ3) is 4.83. The van der Waals surface area contributed by atoms with Crippen molar-refractivity contribution in [1.29, 1.82) is 0 Å². The average molecular weight is 325 g/mol. The third-order valence-corrected chi connectivity index (χ3v) is 4.44. The molecule has 0 spiro atoms. The molecule has 1 aromatic carbocycles. The second kappa shape index (κ2) is 7.77. The van der Waals surface area contributed by atoms with Crippen molar-refractivity contribution < 1.29 is 20.1 Å². The van der Waals surface area contributed by atoms with E-state index in [0.29, 0.717) is 17.9 Å². The minimum Gasteiger partial charge on any atom is -0.481 e. The van der Waals surface area contributed by atoms with Crippen LogP contribution in [0.15, 0.2) is 36.4 Å². The highest BCUT2D eigenvalue weighted by atomic mass is 35.5. The highest BCUT2D eigenvalue weighted by Gasteiger charge is 2.34. The molecule has 2 rings (SSSR count). The molecular formula is C17H21ClO4. The van der Waals surface area contributed by atoms with Gasteiger partial charge in [-0.05, 0) is 36.5 Å². The molecule has 0 aliphatic heterocycles. The SMILES string of the molecule is O=C(O)C[C@H]1[C@@H](O)CC[C@@H]1/C=C/[C@@H](O)Cc1ccc(Cl)cc1. The lowest BCUT2D eigenvalue weighted by Crippen LogP contribution is -2.21. The maximum atomic E-state index is 10.9. The number of aliphatic hydroxyl groups is 2. The summed E-state index contributed by atoms with van der Waals surface area (Å²) in [4.78, 5) is 10.9. The predicted octanol–water partition coefficient (Wildman–Crippen LogP) is 2.66. The molecule has 0 heterocycles. The first kappa shape index (κ1) is 17.0. The van der Waals surface area contributed by atoms with Crippen LogP contribution in [0.1, 0.15) is 24.8 Å².